The molecule has 2 atom stereocenters. The summed E-state index contributed by atoms with van der Waals surface area (Å²) in [6, 6.07) is 8.29. The van der Waals surface area contributed by atoms with E-state index in [0.717, 1.165) is 17.5 Å². The van der Waals surface area contributed by atoms with E-state index in [1.54, 1.807) is 0 Å². The van der Waals surface area contributed by atoms with E-state index in [-0.39, 0.29) is 23.8 Å². The molecule has 2 unspecified atom stereocenters. The molecule has 0 spiro atoms. The molecule has 2 aromatic rings. The normalized spacial score (nSPS) is 21.5. The van der Waals surface area contributed by atoms with Gasteiger partial charge in [0.1, 0.15) is 6.33 Å². The average molecular weight is 354 g/mol. The van der Waals surface area contributed by atoms with Crippen molar-refractivity contribution >= 4 is 11.7 Å². The lowest BCUT2D eigenvalue weighted by Gasteiger charge is -2.56. The summed E-state index contributed by atoms with van der Waals surface area (Å²) < 4.78 is 14.5. The van der Waals surface area contributed by atoms with Gasteiger partial charge < -0.3 is 9.80 Å². The highest BCUT2D eigenvalue weighted by Gasteiger charge is 2.47. The molecule has 3 aliphatic heterocycles. The molecule has 1 aromatic carbocycles. The summed E-state index contributed by atoms with van der Waals surface area (Å²) in [5.74, 6) is 0.212. The molecule has 1 aromatic heterocycles. The molecule has 0 radical (unpaired) electrons. The van der Waals surface area contributed by atoms with Gasteiger partial charge in [0.15, 0.2) is 11.6 Å². The van der Waals surface area contributed by atoms with Gasteiger partial charge in [0.2, 0.25) is 5.91 Å². The van der Waals surface area contributed by atoms with Crippen molar-refractivity contribution in [1.29, 1.82) is 0 Å². The summed E-state index contributed by atoms with van der Waals surface area (Å²) >= 11 is 0. The third kappa shape index (κ3) is 2.83. The molecule has 3 fully saturated rings. The number of carbonyl (C=O) groups excluding carboxylic acids is 1. The molecule has 5 rings (SSSR count). The summed E-state index contributed by atoms with van der Waals surface area (Å²) in [6.07, 6.45) is 3.40. The lowest BCUT2D eigenvalue weighted by molar-refractivity contribution is -0.145. The fourth-order valence-electron chi connectivity index (χ4n) is 4.12. The van der Waals surface area contributed by atoms with Gasteiger partial charge >= 0.3 is 0 Å². The van der Waals surface area contributed by atoms with Crippen molar-refractivity contribution in [3.05, 3.63) is 53.2 Å². The number of hydrogen-bond donors (Lipinski definition) is 0. The number of nitrogens with zero attached hydrogens (tertiary/aromatic N) is 4. The number of fused-ring (bicyclic) bond motifs is 2. The number of amides is 1. The topological polar surface area (TPSA) is 49.3 Å². The Balaban J connectivity index is 1.46. The van der Waals surface area contributed by atoms with Crippen LogP contribution in [0.4, 0.5) is 10.2 Å². The maximum absolute atomic E-state index is 14.5. The molecule has 0 aliphatic carbocycles. The number of benzene rings is 1. The van der Waals surface area contributed by atoms with Crippen LogP contribution in [0.2, 0.25) is 0 Å². The summed E-state index contributed by atoms with van der Waals surface area (Å²) in [4.78, 5) is 24.9. The van der Waals surface area contributed by atoms with Crippen LogP contribution in [0.1, 0.15) is 30.2 Å². The number of rotatable bonds is 4. The van der Waals surface area contributed by atoms with Gasteiger partial charge in [-0.1, -0.05) is 31.2 Å². The largest absolute Gasteiger partial charge is 0.350 e. The Bertz CT molecular complexity index is 828. The SMILES string of the molecule is CCc1ncnc(N2CC3CC(C2)N3C(=O)Cc2ccccc2C)c1F. The Kier molecular flexibility index (Phi) is 4.34. The first-order valence-electron chi connectivity index (χ1n) is 9.18. The molecular weight excluding hydrogens is 331 g/mol. The molecule has 26 heavy (non-hydrogen) atoms. The van der Waals surface area contributed by atoms with E-state index in [2.05, 4.69) is 9.97 Å². The number of halogens is 1. The quantitative estimate of drug-likeness (QED) is 0.847. The minimum atomic E-state index is -0.325. The molecule has 3 saturated heterocycles. The Labute approximate surface area is 152 Å². The highest BCUT2D eigenvalue weighted by atomic mass is 19.1. The van der Waals surface area contributed by atoms with Gasteiger partial charge in [0.25, 0.3) is 0 Å². The molecule has 0 saturated carbocycles. The number of hydrogen-bond acceptors (Lipinski definition) is 4. The van der Waals surface area contributed by atoms with E-state index < -0.39 is 0 Å². The Morgan fingerprint density at radius 2 is 1.96 bits per heavy atom. The number of aryl methyl sites for hydroxylation is 2. The van der Waals surface area contributed by atoms with Crippen molar-refractivity contribution in [3.63, 3.8) is 0 Å². The lowest BCUT2D eigenvalue weighted by atomic mass is 9.86. The zero-order valence-electron chi connectivity index (χ0n) is 15.2. The van der Waals surface area contributed by atoms with Crippen molar-refractivity contribution in [2.75, 3.05) is 18.0 Å². The van der Waals surface area contributed by atoms with Crippen molar-refractivity contribution in [2.24, 2.45) is 0 Å². The Hall–Kier alpha value is -2.50. The summed E-state index contributed by atoms with van der Waals surface area (Å²) in [7, 11) is 0. The highest BCUT2D eigenvalue weighted by molar-refractivity contribution is 5.81. The predicted octanol–water partition coefficient (Wildman–Crippen LogP) is 2.52. The minimum absolute atomic E-state index is 0.143. The van der Waals surface area contributed by atoms with Gasteiger partial charge in [-0.3, -0.25) is 4.79 Å². The van der Waals surface area contributed by atoms with E-state index in [4.69, 9.17) is 0 Å². The van der Waals surface area contributed by atoms with Crippen LogP contribution in [-0.2, 0) is 17.6 Å². The van der Waals surface area contributed by atoms with Gasteiger partial charge in [0.05, 0.1) is 24.2 Å². The van der Waals surface area contributed by atoms with E-state index >= 15 is 0 Å². The molecular formula is C20H23FN4O. The van der Waals surface area contributed by atoms with Crippen molar-refractivity contribution < 1.29 is 9.18 Å². The average Bonchev–Trinajstić information content (AvgIpc) is 2.63. The first kappa shape index (κ1) is 16.9. The van der Waals surface area contributed by atoms with E-state index in [0.29, 0.717) is 37.4 Å². The first-order valence-corrected chi connectivity index (χ1v) is 9.18. The summed E-state index contributed by atoms with van der Waals surface area (Å²) in [5.41, 5.74) is 2.67. The van der Waals surface area contributed by atoms with E-state index in [1.807, 2.05) is 47.9 Å². The first-order chi connectivity index (χ1) is 12.6. The molecule has 1 amide bonds. The fraction of sp³-hybridized carbons (Fsp3) is 0.450. The monoisotopic (exact) mass is 354 g/mol. The zero-order chi connectivity index (χ0) is 18.3. The molecule has 6 heteroatoms. The molecule has 4 heterocycles. The molecule has 136 valence electrons. The summed E-state index contributed by atoms with van der Waals surface area (Å²) in [5, 5.41) is 0. The van der Waals surface area contributed by atoms with Crippen molar-refractivity contribution in [3.8, 4) is 0 Å². The van der Waals surface area contributed by atoms with Gasteiger partial charge in [-0.25, -0.2) is 14.4 Å². The van der Waals surface area contributed by atoms with Crippen LogP contribution in [0.5, 0.6) is 0 Å². The van der Waals surface area contributed by atoms with Crippen LogP contribution in [0.15, 0.2) is 30.6 Å². The van der Waals surface area contributed by atoms with Gasteiger partial charge in [-0.2, -0.15) is 0 Å². The smallest absolute Gasteiger partial charge is 0.227 e. The second-order valence-electron chi connectivity index (χ2n) is 7.16. The molecule has 0 N–H and O–H groups in total. The second kappa shape index (κ2) is 6.67. The second-order valence-corrected chi connectivity index (χ2v) is 7.16. The van der Waals surface area contributed by atoms with Gasteiger partial charge in [-0.15, -0.1) is 0 Å². The summed E-state index contributed by atoms with van der Waals surface area (Å²) in [6.45, 7) is 5.18. The zero-order valence-corrected chi connectivity index (χ0v) is 15.2. The maximum Gasteiger partial charge on any atom is 0.227 e. The standard InChI is InChI=1S/C20H23FN4O/c1-3-17-19(21)20(23-12-22-17)24-10-15-9-16(11-24)25(15)18(26)8-14-7-5-4-6-13(14)2/h4-7,12,15-16H,3,8-11H2,1-2H3. The minimum Gasteiger partial charge on any atom is -0.350 e. The number of piperidine rings is 1. The van der Waals surface area contributed by atoms with Gasteiger partial charge in [-0.05, 0) is 30.9 Å². The lowest BCUT2D eigenvalue weighted by Crippen LogP contribution is -2.70. The van der Waals surface area contributed by atoms with Gasteiger partial charge in [0, 0.05) is 13.1 Å². The van der Waals surface area contributed by atoms with Crippen LogP contribution >= 0.6 is 0 Å². The number of anilines is 1. The predicted molar refractivity (Wildman–Crippen MR) is 97.5 cm³/mol. The number of carbonyl (C=O) groups is 1. The number of aromatic nitrogens is 2. The number of piperazine rings is 1. The maximum atomic E-state index is 14.5. The van der Waals surface area contributed by atoms with Crippen molar-refractivity contribution in [2.45, 2.75) is 45.2 Å². The third-order valence-corrected chi connectivity index (χ3v) is 5.56. The van der Waals surface area contributed by atoms with Crippen molar-refractivity contribution in [1.82, 2.24) is 14.9 Å². The van der Waals surface area contributed by atoms with E-state index in [9.17, 15) is 9.18 Å². The molecule has 5 nitrogen and oxygen atoms in total. The molecule has 3 aliphatic rings. The van der Waals surface area contributed by atoms with Crippen LogP contribution in [-0.4, -0.2) is 45.9 Å². The highest BCUT2D eigenvalue weighted by Crippen LogP contribution is 2.35. The van der Waals surface area contributed by atoms with Crippen LogP contribution in [0, 0.1) is 12.7 Å². The third-order valence-electron chi connectivity index (χ3n) is 5.56. The van der Waals surface area contributed by atoms with Crippen LogP contribution in [0.3, 0.4) is 0 Å². The molecule has 2 bridgehead atoms. The fourth-order valence-corrected chi connectivity index (χ4v) is 4.12. The van der Waals surface area contributed by atoms with Crippen LogP contribution < -0.4 is 4.90 Å². The van der Waals surface area contributed by atoms with Crippen LogP contribution in [0.25, 0.3) is 0 Å². The van der Waals surface area contributed by atoms with E-state index in [1.165, 1.54) is 6.33 Å². The Morgan fingerprint density at radius 1 is 1.23 bits per heavy atom. The Morgan fingerprint density at radius 3 is 2.65 bits per heavy atom.